The van der Waals surface area contributed by atoms with E-state index in [2.05, 4.69) is 4.72 Å². The molecule has 0 amide bonds. The molecule has 7 heteroatoms. The monoisotopic (exact) mass is 291 g/mol. The van der Waals surface area contributed by atoms with E-state index in [9.17, 15) is 13.2 Å². The topological polar surface area (TPSA) is 83.5 Å². The van der Waals surface area contributed by atoms with E-state index in [-0.39, 0.29) is 16.5 Å². The number of carboxylic acid groups (broad SMARTS) is 1. The molecule has 5 nitrogen and oxygen atoms in total. The number of rotatable bonds is 6. The van der Waals surface area contributed by atoms with E-state index in [1.807, 2.05) is 13.8 Å². The summed E-state index contributed by atoms with van der Waals surface area (Å²) in [5, 5.41) is 10.7. The maximum atomic E-state index is 12.0. The summed E-state index contributed by atoms with van der Waals surface area (Å²) in [6, 6.07) is 0.443. The Kier molecular flexibility index (Phi) is 4.89. The van der Waals surface area contributed by atoms with Crippen molar-refractivity contribution in [3.05, 3.63) is 17.0 Å². The molecule has 0 aliphatic carbocycles. The molecule has 1 heterocycles. The minimum Gasteiger partial charge on any atom is -0.480 e. The molecule has 0 spiro atoms. The highest BCUT2D eigenvalue weighted by Gasteiger charge is 2.26. The van der Waals surface area contributed by atoms with Crippen LogP contribution in [-0.2, 0) is 14.8 Å². The summed E-state index contributed by atoms with van der Waals surface area (Å²) in [6.07, 6.45) is 0.263. The largest absolute Gasteiger partial charge is 0.480 e. The zero-order valence-corrected chi connectivity index (χ0v) is 12.1. The summed E-state index contributed by atoms with van der Waals surface area (Å²) < 4.78 is 26.3. The third-order valence-corrected chi connectivity index (χ3v) is 5.30. The van der Waals surface area contributed by atoms with E-state index in [4.69, 9.17) is 5.11 Å². The molecule has 0 radical (unpaired) electrons. The van der Waals surface area contributed by atoms with Crippen LogP contribution in [0, 0.1) is 12.8 Å². The predicted octanol–water partition coefficient (Wildman–Crippen LogP) is 1.83. The second-order valence-corrected chi connectivity index (χ2v) is 7.44. The van der Waals surface area contributed by atoms with Gasteiger partial charge in [-0.25, -0.2) is 8.42 Å². The maximum Gasteiger partial charge on any atom is 0.321 e. The molecule has 1 unspecified atom stereocenters. The van der Waals surface area contributed by atoms with Crippen molar-refractivity contribution in [1.82, 2.24) is 4.72 Å². The van der Waals surface area contributed by atoms with Gasteiger partial charge in [-0.05, 0) is 36.3 Å². The molecule has 1 atom stereocenters. The van der Waals surface area contributed by atoms with Gasteiger partial charge in [0.15, 0.2) is 0 Å². The highest BCUT2D eigenvalue weighted by atomic mass is 32.2. The Labute approximate surface area is 111 Å². The van der Waals surface area contributed by atoms with Crippen molar-refractivity contribution in [3.63, 3.8) is 0 Å². The Morgan fingerprint density at radius 1 is 1.50 bits per heavy atom. The van der Waals surface area contributed by atoms with Crippen LogP contribution < -0.4 is 4.72 Å². The Morgan fingerprint density at radius 3 is 2.50 bits per heavy atom. The number of hydrogen-bond acceptors (Lipinski definition) is 4. The van der Waals surface area contributed by atoms with E-state index in [1.54, 1.807) is 12.3 Å². The van der Waals surface area contributed by atoms with Gasteiger partial charge in [0.05, 0.1) is 0 Å². The number of thiophene rings is 1. The maximum absolute atomic E-state index is 12.0. The Hall–Kier alpha value is -0.920. The number of aliphatic carboxylic acids is 1. The fraction of sp³-hybridized carbons (Fsp3) is 0.545. The molecule has 0 aliphatic rings. The normalized spacial score (nSPS) is 13.8. The van der Waals surface area contributed by atoms with Gasteiger partial charge < -0.3 is 5.11 Å². The van der Waals surface area contributed by atoms with Crippen LogP contribution in [0.3, 0.4) is 0 Å². The lowest BCUT2D eigenvalue weighted by Gasteiger charge is -2.15. The zero-order valence-electron chi connectivity index (χ0n) is 10.5. The molecule has 0 fully saturated rings. The predicted molar refractivity (Wildman–Crippen MR) is 70.3 cm³/mol. The molecular weight excluding hydrogens is 274 g/mol. The summed E-state index contributed by atoms with van der Waals surface area (Å²) in [5.74, 6) is -1.06. The van der Waals surface area contributed by atoms with E-state index in [0.717, 1.165) is 16.9 Å². The Bertz CT molecular complexity index is 519. The van der Waals surface area contributed by atoms with Crippen molar-refractivity contribution >= 4 is 27.3 Å². The van der Waals surface area contributed by atoms with E-state index < -0.39 is 22.0 Å². The van der Waals surface area contributed by atoms with Crippen LogP contribution in [0.5, 0.6) is 0 Å². The van der Waals surface area contributed by atoms with Crippen molar-refractivity contribution < 1.29 is 18.3 Å². The van der Waals surface area contributed by atoms with Crippen molar-refractivity contribution in [1.29, 1.82) is 0 Å². The number of aryl methyl sites for hydroxylation is 1. The molecule has 102 valence electrons. The first-order valence-corrected chi connectivity index (χ1v) is 7.89. The molecule has 1 rings (SSSR count). The van der Waals surface area contributed by atoms with Gasteiger partial charge in [0, 0.05) is 0 Å². The van der Waals surface area contributed by atoms with Gasteiger partial charge >= 0.3 is 5.97 Å². The quantitative estimate of drug-likeness (QED) is 0.837. The smallest absolute Gasteiger partial charge is 0.321 e. The van der Waals surface area contributed by atoms with Crippen molar-refractivity contribution in [2.75, 3.05) is 0 Å². The lowest BCUT2D eigenvalue weighted by Crippen LogP contribution is -2.41. The first-order chi connectivity index (χ1) is 8.22. The zero-order chi connectivity index (χ0) is 13.9. The third kappa shape index (κ3) is 4.08. The second-order valence-electron chi connectivity index (χ2n) is 4.58. The lowest BCUT2D eigenvalue weighted by molar-refractivity contribution is -0.139. The average molecular weight is 291 g/mol. The van der Waals surface area contributed by atoms with Gasteiger partial charge in [-0.3, -0.25) is 4.79 Å². The minimum atomic E-state index is -3.74. The second kappa shape index (κ2) is 5.81. The average Bonchev–Trinajstić information content (AvgIpc) is 2.63. The van der Waals surface area contributed by atoms with Crippen LogP contribution in [-0.4, -0.2) is 25.5 Å². The molecule has 1 aromatic heterocycles. The molecule has 1 aromatic rings. The summed E-state index contributed by atoms with van der Waals surface area (Å²) in [7, 11) is -3.74. The first kappa shape index (κ1) is 15.1. The summed E-state index contributed by atoms with van der Waals surface area (Å²) >= 11 is 1.09. The first-order valence-electron chi connectivity index (χ1n) is 5.52. The lowest BCUT2D eigenvalue weighted by atomic mass is 10.1. The van der Waals surface area contributed by atoms with Crippen molar-refractivity contribution in [3.8, 4) is 0 Å². The van der Waals surface area contributed by atoms with Gasteiger partial charge in [0.25, 0.3) is 10.0 Å². The number of nitrogens with one attached hydrogen (secondary N) is 1. The molecule has 0 saturated heterocycles. The minimum absolute atomic E-state index is 0.0962. The van der Waals surface area contributed by atoms with E-state index >= 15 is 0 Å². The van der Waals surface area contributed by atoms with Gasteiger partial charge in [-0.1, -0.05) is 13.8 Å². The fourth-order valence-electron chi connectivity index (χ4n) is 1.46. The van der Waals surface area contributed by atoms with Crippen LogP contribution in [0.2, 0.25) is 0 Å². The van der Waals surface area contributed by atoms with Gasteiger partial charge in [0.2, 0.25) is 0 Å². The van der Waals surface area contributed by atoms with Crippen molar-refractivity contribution in [2.24, 2.45) is 5.92 Å². The third-order valence-electron chi connectivity index (χ3n) is 2.27. The van der Waals surface area contributed by atoms with Gasteiger partial charge in [0.1, 0.15) is 10.3 Å². The molecule has 0 aromatic carbocycles. The fourth-order valence-corrected chi connectivity index (χ4v) is 3.91. The summed E-state index contributed by atoms with van der Waals surface area (Å²) in [5.41, 5.74) is 0.844. The highest BCUT2D eigenvalue weighted by Crippen LogP contribution is 2.20. The van der Waals surface area contributed by atoms with Gasteiger partial charge in [-0.2, -0.15) is 4.72 Å². The number of hydrogen-bond donors (Lipinski definition) is 2. The standard InChI is InChI=1S/C11H17NO4S2/c1-7(2)4-9(11(13)14)12-18(15,16)10-5-8(3)6-17-10/h5-7,9,12H,4H2,1-3H3,(H,13,14). The van der Waals surface area contributed by atoms with Crippen LogP contribution in [0.1, 0.15) is 25.8 Å². The van der Waals surface area contributed by atoms with Crippen LogP contribution >= 0.6 is 11.3 Å². The molecule has 18 heavy (non-hydrogen) atoms. The summed E-state index contributed by atoms with van der Waals surface area (Å²) in [6.45, 7) is 5.48. The number of carbonyl (C=O) groups is 1. The Balaban J connectivity index is 2.89. The van der Waals surface area contributed by atoms with Crippen LogP contribution in [0.4, 0.5) is 0 Å². The van der Waals surface area contributed by atoms with E-state index in [1.165, 1.54) is 6.07 Å². The van der Waals surface area contributed by atoms with E-state index in [0.29, 0.717) is 0 Å². The molecule has 0 aliphatic heterocycles. The van der Waals surface area contributed by atoms with Gasteiger partial charge in [-0.15, -0.1) is 11.3 Å². The number of carboxylic acids is 1. The Morgan fingerprint density at radius 2 is 2.11 bits per heavy atom. The van der Waals surface area contributed by atoms with Crippen LogP contribution in [0.15, 0.2) is 15.7 Å². The van der Waals surface area contributed by atoms with Crippen molar-refractivity contribution in [2.45, 2.75) is 37.4 Å². The molecule has 0 bridgehead atoms. The number of sulfonamides is 1. The van der Waals surface area contributed by atoms with Crippen LogP contribution in [0.25, 0.3) is 0 Å². The SMILES string of the molecule is Cc1csc(S(=O)(=O)NC(CC(C)C)C(=O)O)c1. The molecular formula is C11H17NO4S2. The highest BCUT2D eigenvalue weighted by molar-refractivity contribution is 7.91. The summed E-state index contributed by atoms with van der Waals surface area (Å²) in [4.78, 5) is 11.0. The molecule has 0 saturated carbocycles. The molecule has 2 N–H and O–H groups in total.